The van der Waals surface area contributed by atoms with Gasteiger partial charge in [0.25, 0.3) is 0 Å². The van der Waals surface area contributed by atoms with Crippen LogP contribution in [0.2, 0.25) is 0 Å². The lowest BCUT2D eigenvalue weighted by Crippen LogP contribution is -2.25. The molecule has 118 valence electrons. The highest BCUT2D eigenvalue weighted by atomic mass is 32.2. The average molecular weight is 325 g/mol. The highest BCUT2D eigenvalue weighted by Gasteiger charge is 2.32. The number of amides is 1. The van der Waals surface area contributed by atoms with Crippen LogP contribution < -0.4 is 4.90 Å². The van der Waals surface area contributed by atoms with Gasteiger partial charge in [-0.05, 0) is 29.8 Å². The number of benzene rings is 1. The number of nitrogens with zero attached hydrogens (tertiary/aromatic N) is 5. The van der Waals surface area contributed by atoms with Crippen molar-refractivity contribution in [3.63, 3.8) is 0 Å². The van der Waals surface area contributed by atoms with Crippen molar-refractivity contribution >= 4 is 21.8 Å². The molecule has 0 unspecified atom stereocenters. The summed E-state index contributed by atoms with van der Waals surface area (Å²) in [5.74, 6) is 0. The van der Waals surface area contributed by atoms with Crippen LogP contribution in [0, 0.1) is 0 Å². The molecule has 1 atom stereocenters. The highest BCUT2D eigenvalue weighted by Crippen LogP contribution is 2.24. The Labute approximate surface area is 127 Å². The average Bonchev–Trinajstić information content (AvgIpc) is 2.86. The zero-order valence-electron chi connectivity index (χ0n) is 12.1. The van der Waals surface area contributed by atoms with Gasteiger partial charge < -0.3 is 4.74 Å². The Kier molecular flexibility index (Phi) is 4.55. The van der Waals surface area contributed by atoms with Gasteiger partial charge in [0.1, 0.15) is 6.10 Å². The number of hydrogen-bond donors (Lipinski definition) is 0. The molecule has 0 saturated carbocycles. The first kappa shape index (κ1) is 16.1. The lowest BCUT2D eigenvalue weighted by atomic mass is 10.3. The molecule has 0 aromatic heterocycles. The summed E-state index contributed by atoms with van der Waals surface area (Å²) in [7, 11) is -0.618. The fourth-order valence-corrected chi connectivity index (χ4v) is 2.87. The highest BCUT2D eigenvalue weighted by molar-refractivity contribution is 7.89. The van der Waals surface area contributed by atoms with Gasteiger partial charge >= 0.3 is 6.09 Å². The molecular weight excluding hydrogens is 310 g/mol. The largest absolute Gasteiger partial charge is 0.444 e. The Morgan fingerprint density at radius 3 is 2.59 bits per heavy atom. The zero-order chi connectivity index (χ0) is 16.3. The summed E-state index contributed by atoms with van der Waals surface area (Å²) < 4.78 is 30.1. The summed E-state index contributed by atoms with van der Waals surface area (Å²) in [5.41, 5.74) is 8.79. The van der Waals surface area contributed by atoms with Crippen molar-refractivity contribution in [2.45, 2.75) is 11.0 Å². The first-order valence-electron chi connectivity index (χ1n) is 6.38. The molecule has 0 spiro atoms. The number of rotatable bonds is 5. The number of cyclic esters (lactones) is 1. The second kappa shape index (κ2) is 6.22. The Hall–Kier alpha value is -2.29. The van der Waals surface area contributed by atoms with E-state index < -0.39 is 22.2 Å². The van der Waals surface area contributed by atoms with Crippen molar-refractivity contribution in [3.05, 3.63) is 34.7 Å². The van der Waals surface area contributed by atoms with E-state index in [1.54, 1.807) is 0 Å². The van der Waals surface area contributed by atoms with Crippen molar-refractivity contribution in [2.75, 3.05) is 32.1 Å². The van der Waals surface area contributed by atoms with Crippen LogP contribution in [-0.2, 0) is 14.8 Å². The van der Waals surface area contributed by atoms with Crippen LogP contribution in [-0.4, -0.2) is 52.1 Å². The predicted octanol–water partition coefficient (Wildman–Crippen LogP) is 1.57. The van der Waals surface area contributed by atoms with Gasteiger partial charge in [-0.3, -0.25) is 4.90 Å². The number of ether oxygens (including phenoxy) is 1. The minimum absolute atomic E-state index is 0.0613. The SMILES string of the molecule is CN(C)S(=O)(=O)c1ccc(N2C[C@H](CN=[N+]=[N-])OC2=O)cc1. The van der Waals surface area contributed by atoms with Gasteiger partial charge in [0.15, 0.2) is 0 Å². The molecule has 1 fully saturated rings. The van der Waals surface area contributed by atoms with Crippen molar-refractivity contribution in [1.29, 1.82) is 0 Å². The first-order valence-corrected chi connectivity index (χ1v) is 7.82. The van der Waals surface area contributed by atoms with Crippen LogP contribution >= 0.6 is 0 Å². The molecule has 1 saturated heterocycles. The molecule has 0 N–H and O–H groups in total. The molecular formula is C12H15N5O4S. The van der Waals surface area contributed by atoms with Crippen LogP contribution in [0.5, 0.6) is 0 Å². The molecule has 1 amide bonds. The van der Waals surface area contributed by atoms with E-state index in [0.717, 1.165) is 4.31 Å². The molecule has 1 aliphatic heterocycles. The molecule has 2 rings (SSSR count). The first-order chi connectivity index (χ1) is 10.4. The number of hydrogen-bond acceptors (Lipinski definition) is 5. The fourth-order valence-electron chi connectivity index (χ4n) is 1.96. The number of carbonyl (C=O) groups is 1. The third kappa shape index (κ3) is 3.14. The van der Waals surface area contributed by atoms with Crippen LogP contribution in [0.25, 0.3) is 10.4 Å². The lowest BCUT2D eigenvalue weighted by molar-refractivity contribution is 0.145. The molecule has 1 aromatic carbocycles. The van der Waals surface area contributed by atoms with Gasteiger partial charge in [-0.15, -0.1) is 0 Å². The monoisotopic (exact) mass is 325 g/mol. The number of carbonyl (C=O) groups excluding carboxylic acids is 1. The summed E-state index contributed by atoms with van der Waals surface area (Å²) in [6.45, 7) is 0.309. The second-order valence-electron chi connectivity index (χ2n) is 4.81. The Morgan fingerprint density at radius 1 is 1.41 bits per heavy atom. The molecule has 22 heavy (non-hydrogen) atoms. The summed E-state index contributed by atoms with van der Waals surface area (Å²) in [4.78, 5) is 15.9. The summed E-state index contributed by atoms with van der Waals surface area (Å²) in [6.07, 6.45) is -1.06. The molecule has 10 heteroatoms. The van der Waals surface area contributed by atoms with Crippen LogP contribution in [0.15, 0.2) is 34.3 Å². The maximum Gasteiger partial charge on any atom is 0.414 e. The van der Waals surface area contributed by atoms with E-state index >= 15 is 0 Å². The van der Waals surface area contributed by atoms with Crippen molar-refractivity contribution < 1.29 is 17.9 Å². The fraction of sp³-hybridized carbons (Fsp3) is 0.417. The van der Waals surface area contributed by atoms with Crippen LogP contribution in [0.3, 0.4) is 0 Å². The standard InChI is InChI=1S/C12H15N5O4S/c1-16(2)22(19,20)11-5-3-9(4-6-11)17-8-10(7-14-15-13)21-12(17)18/h3-6,10H,7-8H2,1-2H3/t10-/m0/s1. The molecule has 1 aromatic rings. The zero-order valence-corrected chi connectivity index (χ0v) is 12.9. The predicted molar refractivity (Wildman–Crippen MR) is 78.9 cm³/mol. The van der Waals surface area contributed by atoms with E-state index in [9.17, 15) is 13.2 Å². The van der Waals surface area contributed by atoms with Crippen molar-refractivity contribution in [3.8, 4) is 0 Å². The van der Waals surface area contributed by atoms with Crippen molar-refractivity contribution in [1.82, 2.24) is 4.31 Å². The van der Waals surface area contributed by atoms with E-state index in [4.69, 9.17) is 10.3 Å². The topological polar surface area (TPSA) is 116 Å². The Balaban J connectivity index is 2.18. The maximum absolute atomic E-state index is 12.0. The quantitative estimate of drug-likeness (QED) is 0.464. The third-order valence-electron chi connectivity index (χ3n) is 3.15. The Bertz CT molecular complexity index is 710. The number of azide groups is 1. The van der Waals surface area contributed by atoms with Gasteiger partial charge in [-0.25, -0.2) is 17.5 Å². The van der Waals surface area contributed by atoms with Gasteiger partial charge in [0.2, 0.25) is 10.0 Å². The third-order valence-corrected chi connectivity index (χ3v) is 4.98. The minimum atomic E-state index is -3.51. The summed E-state index contributed by atoms with van der Waals surface area (Å²) in [5, 5.41) is 3.37. The van der Waals surface area contributed by atoms with Gasteiger partial charge in [0.05, 0.1) is 18.0 Å². The van der Waals surface area contributed by atoms with E-state index in [0.29, 0.717) is 5.69 Å². The smallest absolute Gasteiger partial charge is 0.414 e. The molecule has 9 nitrogen and oxygen atoms in total. The number of sulfonamides is 1. The Morgan fingerprint density at radius 2 is 2.05 bits per heavy atom. The molecule has 0 radical (unpaired) electrons. The second-order valence-corrected chi connectivity index (χ2v) is 6.96. The normalized spacial score (nSPS) is 18.2. The van der Waals surface area contributed by atoms with Crippen molar-refractivity contribution in [2.24, 2.45) is 5.11 Å². The van der Waals surface area contributed by atoms with E-state index in [1.807, 2.05) is 0 Å². The summed E-state index contributed by atoms with van der Waals surface area (Å²) in [6, 6.07) is 5.93. The number of anilines is 1. The van der Waals surface area contributed by atoms with E-state index in [1.165, 1.54) is 43.3 Å². The molecule has 1 heterocycles. The van der Waals surface area contributed by atoms with Crippen LogP contribution in [0.4, 0.5) is 10.5 Å². The van der Waals surface area contributed by atoms with Gasteiger partial charge in [-0.1, -0.05) is 5.11 Å². The molecule has 1 aliphatic rings. The minimum Gasteiger partial charge on any atom is -0.444 e. The van der Waals surface area contributed by atoms with Gasteiger partial charge in [-0.2, -0.15) is 0 Å². The maximum atomic E-state index is 12.0. The van der Waals surface area contributed by atoms with Gasteiger partial charge in [0, 0.05) is 24.7 Å². The molecule has 0 bridgehead atoms. The lowest BCUT2D eigenvalue weighted by Gasteiger charge is -2.15. The molecule has 0 aliphatic carbocycles. The van der Waals surface area contributed by atoms with Crippen LogP contribution in [0.1, 0.15) is 0 Å². The summed E-state index contributed by atoms with van der Waals surface area (Å²) >= 11 is 0. The van der Waals surface area contributed by atoms with E-state index in [-0.39, 0.29) is 18.0 Å². The van der Waals surface area contributed by atoms with E-state index in [2.05, 4.69) is 10.0 Å².